The predicted molar refractivity (Wildman–Crippen MR) is 129 cm³/mol. The smallest absolute Gasteiger partial charge is 0.237 e. The van der Waals surface area contributed by atoms with Gasteiger partial charge in [0.1, 0.15) is 0 Å². The Morgan fingerprint density at radius 2 is 2.06 bits per heavy atom. The second kappa shape index (κ2) is 10.6. The van der Waals surface area contributed by atoms with Crippen LogP contribution in [-0.2, 0) is 9.59 Å². The Balaban J connectivity index is 1.25. The van der Waals surface area contributed by atoms with Gasteiger partial charge < -0.3 is 21.3 Å². The molecule has 3 aliphatic heterocycles. The second-order valence-electron chi connectivity index (χ2n) is 11.5. The standard InChI is InChI=1S/C24H45N7O2/c1-16(11-21-29-27-15-30(21)3)17-5-4-6-19(12-17)28-22(32)20-13-18(7-9-26-20)23(33)31-10-8-24(2,25)14-31/h16-21,26-27,29H,4-15,25H2,1-3H3,(H,28,32)/t16-,17?,18?,19?,20?,21?,24-/m1/s1. The molecule has 0 spiro atoms. The number of carbonyl (C=O) groups is 2. The summed E-state index contributed by atoms with van der Waals surface area (Å²) >= 11 is 0. The van der Waals surface area contributed by atoms with Gasteiger partial charge in [0, 0.05) is 30.6 Å². The maximum Gasteiger partial charge on any atom is 0.237 e. The maximum absolute atomic E-state index is 13.1. The van der Waals surface area contributed by atoms with Gasteiger partial charge in [0.15, 0.2) is 0 Å². The van der Waals surface area contributed by atoms with Crippen LogP contribution in [0.1, 0.15) is 65.2 Å². The lowest BCUT2D eigenvalue weighted by atomic mass is 9.77. The lowest BCUT2D eigenvalue weighted by molar-refractivity contribution is -0.136. The van der Waals surface area contributed by atoms with Gasteiger partial charge in [0.05, 0.1) is 18.9 Å². The third-order valence-corrected chi connectivity index (χ3v) is 8.48. The molecule has 1 aliphatic carbocycles. The van der Waals surface area contributed by atoms with Crippen LogP contribution in [0.2, 0.25) is 0 Å². The minimum Gasteiger partial charge on any atom is -0.352 e. The average Bonchev–Trinajstić information content (AvgIpc) is 3.37. The van der Waals surface area contributed by atoms with E-state index in [9.17, 15) is 9.59 Å². The van der Waals surface area contributed by atoms with Gasteiger partial charge in [0.25, 0.3) is 0 Å². The van der Waals surface area contributed by atoms with Gasteiger partial charge in [-0.3, -0.25) is 14.5 Å². The van der Waals surface area contributed by atoms with Crippen molar-refractivity contribution in [2.24, 2.45) is 23.5 Å². The van der Waals surface area contributed by atoms with E-state index in [-0.39, 0.29) is 35.4 Å². The fourth-order valence-corrected chi connectivity index (χ4v) is 6.24. The highest BCUT2D eigenvalue weighted by Gasteiger charge is 2.39. The van der Waals surface area contributed by atoms with Crippen molar-refractivity contribution < 1.29 is 9.59 Å². The number of carbonyl (C=O) groups excluding carboxylic acids is 2. The Kier molecular flexibility index (Phi) is 7.95. The molecule has 4 rings (SSSR count). The summed E-state index contributed by atoms with van der Waals surface area (Å²) in [5, 5.41) is 6.69. The molecule has 9 heteroatoms. The van der Waals surface area contributed by atoms with Crippen LogP contribution >= 0.6 is 0 Å². The number of hydrazine groups is 1. The number of piperidine rings is 1. The Morgan fingerprint density at radius 1 is 1.24 bits per heavy atom. The van der Waals surface area contributed by atoms with E-state index < -0.39 is 0 Å². The van der Waals surface area contributed by atoms with Crippen LogP contribution in [0.3, 0.4) is 0 Å². The summed E-state index contributed by atoms with van der Waals surface area (Å²) < 4.78 is 0. The first kappa shape index (κ1) is 24.9. The molecule has 0 aromatic carbocycles. The van der Waals surface area contributed by atoms with Gasteiger partial charge in [-0.15, -0.1) is 0 Å². The quantitative estimate of drug-likeness (QED) is 0.386. The Bertz CT molecular complexity index is 702. The molecule has 188 valence electrons. The first-order valence-corrected chi connectivity index (χ1v) is 13.0. The highest BCUT2D eigenvalue weighted by molar-refractivity contribution is 5.85. The molecule has 0 bridgehead atoms. The van der Waals surface area contributed by atoms with Gasteiger partial charge >= 0.3 is 0 Å². The number of nitrogens with one attached hydrogen (secondary N) is 4. The van der Waals surface area contributed by atoms with Crippen molar-refractivity contribution >= 4 is 11.8 Å². The number of hydrogen-bond donors (Lipinski definition) is 5. The minimum atomic E-state index is -0.284. The monoisotopic (exact) mass is 463 g/mol. The third-order valence-electron chi connectivity index (χ3n) is 8.48. The van der Waals surface area contributed by atoms with Crippen LogP contribution in [-0.4, -0.2) is 78.8 Å². The highest BCUT2D eigenvalue weighted by atomic mass is 16.2. The zero-order valence-electron chi connectivity index (χ0n) is 20.7. The molecule has 7 atom stereocenters. The number of rotatable bonds is 6. The number of hydrogen-bond acceptors (Lipinski definition) is 7. The van der Waals surface area contributed by atoms with Gasteiger partial charge in [-0.05, 0) is 70.9 Å². The minimum absolute atomic E-state index is 0.0669. The molecule has 5 unspecified atom stereocenters. The normalized spacial score (nSPS) is 38.9. The first-order chi connectivity index (χ1) is 15.7. The van der Waals surface area contributed by atoms with Crippen molar-refractivity contribution in [1.82, 2.24) is 31.3 Å². The molecule has 3 heterocycles. The van der Waals surface area contributed by atoms with Gasteiger partial charge in [-0.2, -0.15) is 0 Å². The number of nitrogens with zero attached hydrogens (tertiary/aromatic N) is 2. The zero-order valence-corrected chi connectivity index (χ0v) is 20.7. The molecule has 4 fully saturated rings. The fraction of sp³-hybridized carbons (Fsp3) is 0.917. The molecule has 0 aromatic heterocycles. The van der Waals surface area contributed by atoms with Crippen molar-refractivity contribution in [3.05, 3.63) is 0 Å². The summed E-state index contributed by atoms with van der Waals surface area (Å²) in [4.78, 5) is 30.4. The lowest BCUT2D eigenvalue weighted by Gasteiger charge is -2.36. The number of nitrogens with two attached hydrogens (primary N) is 1. The molecule has 3 saturated heterocycles. The van der Waals surface area contributed by atoms with E-state index >= 15 is 0 Å². The van der Waals surface area contributed by atoms with Crippen LogP contribution in [0.25, 0.3) is 0 Å². The zero-order chi connectivity index (χ0) is 23.6. The summed E-state index contributed by atoms with van der Waals surface area (Å²) in [6, 6.07) is -0.0414. The summed E-state index contributed by atoms with van der Waals surface area (Å²) in [5.74, 6) is 1.40. The van der Waals surface area contributed by atoms with Crippen LogP contribution in [0.5, 0.6) is 0 Å². The number of likely N-dealkylation sites (tertiary alicyclic amines) is 1. The highest BCUT2D eigenvalue weighted by Crippen LogP contribution is 2.33. The van der Waals surface area contributed by atoms with E-state index in [0.717, 1.165) is 51.7 Å². The molecule has 2 amide bonds. The molecule has 4 aliphatic rings. The fourth-order valence-electron chi connectivity index (χ4n) is 6.24. The largest absolute Gasteiger partial charge is 0.352 e. The topological polar surface area (TPSA) is 115 Å². The molecular formula is C24H45N7O2. The molecule has 33 heavy (non-hydrogen) atoms. The average molecular weight is 464 g/mol. The first-order valence-electron chi connectivity index (χ1n) is 13.0. The van der Waals surface area contributed by atoms with Gasteiger partial charge in [0.2, 0.25) is 11.8 Å². The van der Waals surface area contributed by atoms with Gasteiger partial charge in [-0.1, -0.05) is 19.8 Å². The van der Waals surface area contributed by atoms with E-state index in [1.165, 1.54) is 6.42 Å². The number of amides is 2. The molecule has 9 nitrogen and oxygen atoms in total. The van der Waals surface area contributed by atoms with Crippen LogP contribution in [0, 0.1) is 17.8 Å². The summed E-state index contributed by atoms with van der Waals surface area (Å²) in [6.45, 7) is 7.31. The van der Waals surface area contributed by atoms with E-state index in [0.29, 0.717) is 37.5 Å². The Labute approximate surface area is 198 Å². The van der Waals surface area contributed by atoms with Gasteiger partial charge in [-0.25, -0.2) is 10.9 Å². The lowest BCUT2D eigenvalue weighted by Crippen LogP contribution is -2.54. The van der Waals surface area contributed by atoms with Crippen molar-refractivity contribution in [1.29, 1.82) is 0 Å². The van der Waals surface area contributed by atoms with E-state index in [1.54, 1.807) is 0 Å². The predicted octanol–water partition coefficient (Wildman–Crippen LogP) is 0.329. The van der Waals surface area contributed by atoms with Crippen LogP contribution in [0.15, 0.2) is 0 Å². The summed E-state index contributed by atoms with van der Waals surface area (Å²) in [5.41, 5.74) is 12.5. The van der Waals surface area contributed by atoms with Crippen molar-refractivity contribution in [2.75, 3.05) is 33.4 Å². The van der Waals surface area contributed by atoms with E-state index in [4.69, 9.17) is 5.73 Å². The van der Waals surface area contributed by atoms with Crippen molar-refractivity contribution in [3.63, 3.8) is 0 Å². The summed E-state index contributed by atoms with van der Waals surface area (Å²) in [7, 11) is 2.14. The molecule has 0 aromatic rings. The molecule has 6 N–H and O–H groups in total. The third kappa shape index (κ3) is 6.25. The van der Waals surface area contributed by atoms with Crippen molar-refractivity contribution in [3.8, 4) is 0 Å². The van der Waals surface area contributed by atoms with E-state index in [1.807, 2.05) is 11.8 Å². The van der Waals surface area contributed by atoms with Crippen LogP contribution < -0.4 is 27.2 Å². The second-order valence-corrected chi connectivity index (χ2v) is 11.5. The van der Waals surface area contributed by atoms with Crippen LogP contribution in [0.4, 0.5) is 0 Å². The van der Waals surface area contributed by atoms with Crippen molar-refractivity contribution in [2.45, 2.75) is 89.0 Å². The Morgan fingerprint density at radius 3 is 2.76 bits per heavy atom. The molecular weight excluding hydrogens is 418 g/mol. The van der Waals surface area contributed by atoms with E-state index in [2.05, 4.69) is 40.4 Å². The molecule has 1 saturated carbocycles. The summed E-state index contributed by atoms with van der Waals surface area (Å²) in [6.07, 6.45) is 8.22. The SMILES string of the molecule is C[C@H](CC1NNCN1C)C1CCCC(NC(=O)C2CC(C(=O)N3CC[C@@](C)(N)C3)CCN2)C1. The maximum atomic E-state index is 13.1. The Hall–Kier alpha value is -1.26. The molecule has 0 radical (unpaired) electrons.